The monoisotopic (exact) mass is 309 g/mol. The number of alkyl halides is 1. The molecule has 0 aliphatic heterocycles. The van der Waals surface area contributed by atoms with Gasteiger partial charge < -0.3 is 9.73 Å². The van der Waals surface area contributed by atoms with Gasteiger partial charge in [-0.1, -0.05) is 34.1 Å². The molecule has 0 saturated heterocycles. The van der Waals surface area contributed by atoms with Gasteiger partial charge in [0, 0.05) is 16.8 Å². The van der Waals surface area contributed by atoms with E-state index in [4.69, 9.17) is 4.42 Å². The molecule has 4 heteroatoms. The van der Waals surface area contributed by atoms with Crippen LogP contribution in [0.25, 0.3) is 11.0 Å². The quantitative estimate of drug-likeness (QED) is 0.855. The number of hydrogen-bond donors (Lipinski definition) is 1. The van der Waals surface area contributed by atoms with Gasteiger partial charge >= 0.3 is 0 Å². The number of nitrogens with one attached hydrogen (secondary N) is 1. The third-order valence-electron chi connectivity index (χ3n) is 2.80. The van der Waals surface area contributed by atoms with Gasteiger partial charge in [0.2, 0.25) is 0 Å². The smallest absolute Gasteiger partial charge is 0.287 e. The van der Waals surface area contributed by atoms with Crippen LogP contribution < -0.4 is 5.32 Å². The number of hydrogen-bond acceptors (Lipinski definition) is 2. The Kier molecular flexibility index (Phi) is 4.42. The van der Waals surface area contributed by atoms with Crippen LogP contribution in [-0.2, 0) is 0 Å². The van der Waals surface area contributed by atoms with Crippen LogP contribution in [0.3, 0.4) is 0 Å². The number of para-hydroxylation sites is 1. The highest BCUT2D eigenvalue weighted by atomic mass is 79.9. The minimum absolute atomic E-state index is 0.145. The molecule has 3 nitrogen and oxygen atoms in total. The maximum Gasteiger partial charge on any atom is 0.287 e. The standard InChI is InChI=1S/C14H16BrNO2/c1-10(5-4-8-15)16-14(17)13-9-11-6-2-3-7-12(11)18-13/h2-3,6-7,9-10H,4-5,8H2,1H3,(H,16,17). The molecule has 0 fully saturated rings. The van der Waals surface area contributed by atoms with Crippen molar-refractivity contribution in [1.82, 2.24) is 5.32 Å². The minimum atomic E-state index is -0.145. The predicted octanol–water partition coefficient (Wildman–Crippen LogP) is 3.73. The van der Waals surface area contributed by atoms with E-state index >= 15 is 0 Å². The van der Waals surface area contributed by atoms with Crippen molar-refractivity contribution in [1.29, 1.82) is 0 Å². The number of benzene rings is 1. The lowest BCUT2D eigenvalue weighted by molar-refractivity contribution is 0.0912. The van der Waals surface area contributed by atoms with Crippen LogP contribution in [-0.4, -0.2) is 17.3 Å². The van der Waals surface area contributed by atoms with Crippen molar-refractivity contribution in [3.8, 4) is 0 Å². The first-order valence-electron chi connectivity index (χ1n) is 6.06. The number of amides is 1. The first-order chi connectivity index (χ1) is 8.70. The van der Waals surface area contributed by atoms with Crippen molar-refractivity contribution in [2.45, 2.75) is 25.8 Å². The van der Waals surface area contributed by atoms with E-state index in [0.717, 1.165) is 29.1 Å². The Balaban J connectivity index is 2.04. The Morgan fingerprint density at radius 1 is 1.44 bits per heavy atom. The lowest BCUT2D eigenvalue weighted by Crippen LogP contribution is -2.32. The molecule has 0 saturated carbocycles. The van der Waals surface area contributed by atoms with E-state index in [2.05, 4.69) is 21.2 Å². The average molecular weight is 310 g/mol. The molecule has 18 heavy (non-hydrogen) atoms. The Labute approximate surface area is 115 Å². The van der Waals surface area contributed by atoms with E-state index in [1.807, 2.05) is 31.2 Å². The van der Waals surface area contributed by atoms with Crippen molar-refractivity contribution >= 4 is 32.8 Å². The molecule has 0 aliphatic carbocycles. The molecule has 2 rings (SSSR count). The van der Waals surface area contributed by atoms with Crippen LogP contribution >= 0.6 is 15.9 Å². The molecule has 1 aromatic carbocycles. The fourth-order valence-electron chi connectivity index (χ4n) is 1.84. The lowest BCUT2D eigenvalue weighted by atomic mass is 10.2. The highest BCUT2D eigenvalue weighted by Crippen LogP contribution is 2.18. The molecular formula is C14H16BrNO2. The summed E-state index contributed by atoms with van der Waals surface area (Å²) in [4.78, 5) is 12.0. The highest BCUT2D eigenvalue weighted by Gasteiger charge is 2.14. The third-order valence-corrected chi connectivity index (χ3v) is 3.36. The van der Waals surface area contributed by atoms with Crippen molar-refractivity contribution < 1.29 is 9.21 Å². The number of rotatable bonds is 5. The van der Waals surface area contributed by atoms with Crippen LogP contribution in [0.4, 0.5) is 0 Å². The van der Waals surface area contributed by atoms with Crippen molar-refractivity contribution in [2.24, 2.45) is 0 Å². The van der Waals surface area contributed by atoms with Gasteiger partial charge in [0.05, 0.1) is 0 Å². The van der Waals surface area contributed by atoms with Crippen molar-refractivity contribution in [3.05, 3.63) is 36.1 Å². The summed E-state index contributed by atoms with van der Waals surface area (Å²) in [6, 6.07) is 9.56. The van der Waals surface area contributed by atoms with Gasteiger partial charge in [0.25, 0.3) is 5.91 Å². The van der Waals surface area contributed by atoms with Crippen molar-refractivity contribution in [3.63, 3.8) is 0 Å². The summed E-state index contributed by atoms with van der Waals surface area (Å²) < 4.78 is 5.51. The number of furan rings is 1. The van der Waals surface area contributed by atoms with Crippen LogP contribution in [0.1, 0.15) is 30.3 Å². The number of carbonyl (C=O) groups excluding carboxylic acids is 1. The predicted molar refractivity (Wildman–Crippen MR) is 76.2 cm³/mol. The van der Waals surface area contributed by atoms with E-state index in [9.17, 15) is 4.79 Å². The molecule has 1 heterocycles. The molecule has 1 aromatic heterocycles. The number of fused-ring (bicyclic) bond motifs is 1. The molecular weight excluding hydrogens is 294 g/mol. The minimum Gasteiger partial charge on any atom is -0.451 e. The second kappa shape index (κ2) is 6.05. The Morgan fingerprint density at radius 2 is 2.22 bits per heavy atom. The summed E-state index contributed by atoms with van der Waals surface area (Å²) in [5.41, 5.74) is 0.746. The molecule has 0 radical (unpaired) electrons. The summed E-state index contributed by atoms with van der Waals surface area (Å²) in [5.74, 6) is 0.232. The van der Waals surface area contributed by atoms with Gasteiger partial charge in [-0.3, -0.25) is 4.79 Å². The van der Waals surface area contributed by atoms with Crippen LogP contribution in [0, 0.1) is 0 Å². The van der Waals surface area contributed by atoms with Crippen LogP contribution in [0.5, 0.6) is 0 Å². The molecule has 96 valence electrons. The van der Waals surface area contributed by atoms with Gasteiger partial charge in [-0.25, -0.2) is 0 Å². The number of halogens is 1. The molecule has 1 atom stereocenters. The van der Waals surface area contributed by atoms with E-state index < -0.39 is 0 Å². The zero-order valence-corrected chi connectivity index (χ0v) is 11.9. The largest absolute Gasteiger partial charge is 0.451 e. The summed E-state index contributed by atoms with van der Waals surface area (Å²) in [5, 5.41) is 4.85. The first kappa shape index (κ1) is 13.1. The zero-order chi connectivity index (χ0) is 13.0. The van der Waals surface area contributed by atoms with E-state index in [1.165, 1.54) is 0 Å². The topological polar surface area (TPSA) is 42.2 Å². The van der Waals surface area contributed by atoms with Gasteiger partial charge in [0.15, 0.2) is 5.76 Å². The van der Waals surface area contributed by atoms with Gasteiger partial charge in [-0.15, -0.1) is 0 Å². The Morgan fingerprint density at radius 3 is 2.94 bits per heavy atom. The van der Waals surface area contributed by atoms with Crippen LogP contribution in [0.15, 0.2) is 34.7 Å². The fraction of sp³-hybridized carbons (Fsp3) is 0.357. The lowest BCUT2D eigenvalue weighted by Gasteiger charge is -2.11. The molecule has 0 bridgehead atoms. The van der Waals surface area contributed by atoms with Crippen molar-refractivity contribution in [2.75, 3.05) is 5.33 Å². The van der Waals surface area contributed by atoms with E-state index in [-0.39, 0.29) is 11.9 Å². The number of carbonyl (C=O) groups is 1. The van der Waals surface area contributed by atoms with E-state index in [1.54, 1.807) is 6.07 Å². The molecule has 1 N–H and O–H groups in total. The molecule has 0 aliphatic rings. The van der Waals surface area contributed by atoms with Gasteiger partial charge in [-0.05, 0) is 31.9 Å². The molecule has 2 aromatic rings. The summed E-state index contributed by atoms with van der Waals surface area (Å²) in [6.45, 7) is 2.00. The maximum atomic E-state index is 12.0. The van der Waals surface area contributed by atoms with E-state index in [0.29, 0.717) is 5.76 Å². The van der Waals surface area contributed by atoms with Gasteiger partial charge in [-0.2, -0.15) is 0 Å². The normalized spacial score (nSPS) is 12.6. The van der Waals surface area contributed by atoms with Gasteiger partial charge in [0.1, 0.15) is 5.58 Å². The zero-order valence-electron chi connectivity index (χ0n) is 10.3. The SMILES string of the molecule is CC(CCCBr)NC(=O)c1cc2ccccc2o1. The Bertz CT molecular complexity index is 502. The summed E-state index contributed by atoms with van der Waals surface area (Å²) in [6.07, 6.45) is 2.00. The Hall–Kier alpha value is -1.29. The second-order valence-electron chi connectivity index (χ2n) is 4.35. The maximum absolute atomic E-state index is 12.0. The molecule has 1 amide bonds. The first-order valence-corrected chi connectivity index (χ1v) is 7.18. The second-order valence-corrected chi connectivity index (χ2v) is 5.15. The summed E-state index contributed by atoms with van der Waals surface area (Å²) in [7, 11) is 0. The highest BCUT2D eigenvalue weighted by molar-refractivity contribution is 9.09. The summed E-state index contributed by atoms with van der Waals surface area (Å²) >= 11 is 3.38. The third kappa shape index (κ3) is 3.13. The molecule has 1 unspecified atom stereocenters. The fourth-order valence-corrected chi connectivity index (χ4v) is 2.17. The van der Waals surface area contributed by atoms with Crippen LogP contribution in [0.2, 0.25) is 0 Å². The molecule has 0 spiro atoms. The average Bonchev–Trinajstić information content (AvgIpc) is 2.80.